The number of nitrogens with one attached hydrogen (secondary N) is 3. The molecule has 3 heterocycles. The molecule has 7 nitrogen and oxygen atoms in total. The second-order valence-corrected chi connectivity index (χ2v) is 8.68. The minimum Gasteiger partial charge on any atom is -0.338 e. The van der Waals surface area contributed by atoms with Crippen LogP contribution < -0.4 is 16.2 Å². The highest BCUT2D eigenvalue weighted by atomic mass is 79.9. The van der Waals surface area contributed by atoms with Gasteiger partial charge in [-0.25, -0.2) is 10.9 Å². The molecular formula is C17H20BrN5O2S. The Bertz CT molecular complexity index is 784. The van der Waals surface area contributed by atoms with Gasteiger partial charge in [-0.15, -0.1) is 11.3 Å². The van der Waals surface area contributed by atoms with E-state index in [2.05, 4.69) is 44.0 Å². The molecular weight excluding hydrogens is 418 g/mol. The first-order valence-corrected chi connectivity index (χ1v) is 9.78. The number of carbonyl (C=O) groups is 2. The van der Waals surface area contributed by atoms with E-state index in [-0.39, 0.29) is 36.5 Å². The molecule has 3 unspecified atom stereocenters. The van der Waals surface area contributed by atoms with Crippen LogP contribution in [0, 0.1) is 5.92 Å². The van der Waals surface area contributed by atoms with Crippen LogP contribution in [0.2, 0.25) is 0 Å². The van der Waals surface area contributed by atoms with E-state index in [1.54, 1.807) is 25.5 Å². The minimum atomic E-state index is -0.222. The van der Waals surface area contributed by atoms with E-state index in [4.69, 9.17) is 0 Å². The van der Waals surface area contributed by atoms with Crippen molar-refractivity contribution in [3.8, 4) is 0 Å². The van der Waals surface area contributed by atoms with E-state index >= 15 is 0 Å². The van der Waals surface area contributed by atoms with E-state index in [9.17, 15) is 9.59 Å². The van der Waals surface area contributed by atoms with Crippen molar-refractivity contribution >= 4 is 39.1 Å². The first kappa shape index (κ1) is 19.0. The van der Waals surface area contributed by atoms with Crippen molar-refractivity contribution < 1.29 is 9.59 Å². The van der Waals surface area contributed by atoms with Crippen molar-refractivity contribution in [2.24, 2.45) is 5.92 Å². The molecule has 0 aliphatic carbocycles. The van der Waals surface area contributed by atoms with Gasteiger partial charge in [0.05, 0.1) is 27.4 Å². The van der Waals surface area contributed by atoms with Crippen LogP contribution in [0.25, 0.3) is 0 Å². The zero-order valence-corrected chi connectivity index (χ0v) is 16.8. The predicted molar refractivity (Wildman–Crippen MR) is 103 cm³/mol. The van der Waals surface area contributed by atoms with Gasteiger partial charge < -0.3 is 10.2 Å². The Hall–Kier alpha value is -1.81. The van der Waals surface area contributed by atoms with Gasteiger partial charge in [-0.1, -0.05) is 6.92 Å². The number of thiophene rings is 1. The molecule has 2 aromatic heterocycles. The van der Waals surface area contributed by atoms with Crippen molar-refractivity contribution in [1.82, 2.24) is 26.1 Å². The van der Waals surface area contributed by atoms with Gasteiger partial charge in [0.1, 0.15) is 0 Å². The summed E-state index contributed by atoms with van der Waals surface area (Å²) in [5.74, 6) is -0.246. The maximum Gasteiger partial charge on any atom is 0.264 e. The Kier molecular flexibility index (Phi) is 6.02. The lowest BCUT2D eigenvalue weighted by atomic mass is 9.95. The SMILES string of the molecule is CC1C(NC(=O)CN(C)C(=O)c2ccc(Br)s2)NNC1c1ccncc1. The van der Waals surface area contributed by atoms with Crippen molar-refractivity contribution in [1.29, 1.82) is 0 Å². The molecule has 138 valence electrons. The number of carbonyl (C=O) groups excluding carboxylic acids is 2. The normalized spacial score (nSPS) is 22.2. The third-order valence-corrected chi connectivity index (χ3v) is 5.95. The fourth-order valence-electron chi connectivity index (χ4n) is 2.88. The van der Waals surface area contributed by atoms with Crippen LogP contribution in [0.3, 0.4) is 0 Å². The Morgan fingerprint density at radius 2 is 2.00 bits per heavy atom. The molecule has 3 atom stereocenters. The molecule has 0 radical (unpaired) electrons. The highest BCUT2D eigenvalue weighted by Gasteiger charge is 2.34. The third-order valence-electron chi connectivity index (χ3n) is 4.34. The number of aromatic nitrogens is 1. The molecule has 1 fully saturated rings. The maximum atomic E-state index is 12.4. The quantitative estimate of drug-likeness (QED) is 0.664. The summed E-state index contributed by atoms with van der Waals surface area (Å²) in [6.45, 7) is 2.06. The third kappa shape index (κ3) is 4.29. The first-order valence-electron chi connectivity index (χ1n) is 8.17. The van der Waals surface area contributed by atoms with Crippen molar-refractivity contribution in [2.45, 2.75) is 19.1 Å². The standard InChI is InChI=1S/C17H20BrN5O2S/c1-10-15(11-5-7-19-8-6-11)21-22-16(10)20-14(24)9-23(2)17(25)12-3-4-13(18)26-12/h3-8,10,15-16,21-22H,9H2,1-2H3,(H,20,24). The largest absolute Gasteiger partial charge is 0.338 e. The van der Waals surface area contributed by atoms with E-state index < -0.39 is 0 Å². The van der Waals surface area contributed by atoms with Crippen LogP contribution >= 0.6 is 27.3 Å². The van der Waals surface area contributed by atoms with Crippen molar-refractivity contribution in [3.63, 3.8) is 0 Å². The molecule has 0 saturated carbocycles. The molecule has 1 aliphatic heterocycles. The predicted octanol–water partition coefficient (Wildman–Crippen LogP) is 1.91. The average molecular weight is 438 g/mol. The summed E-state index contributed by atoms with van der Waals surface area (Å²) < 4.78 is 0.885. The highest BCUT2D eigenvalue weighted by Crippen LogP contribution is 2.27. The van der Waals surface area contributed by atoms with E-state index in [0.717, 1.165) is 9.35 Å². The smallest absolute Gasteiger partial charge is 0.264 e. The average Bonchev–Trinajstić information content (AvgIpc) is 3.21. The number of likely N-dealkylation sites (N-methyl/N-ethyl adjacent to an activating group) is 1. The van der Waals surface area contributed by atoms with E-state index in [1.807, 2.05) is 18.2 Å². The second-order valence-electron chi connectivity index (χ2n) is 6.22. The summed E-state index contributed by atoms with van der Waals surface area (Å²) in [6.07, 6.45) is 3.28. The van der Waals surface area contributed by atoms with Gasteiger partial charge in [0, 0.05) is 25.4 Å². The first-order chi connectivity index (χ1) is 12.5. The molecule has 0 spiro atoms. The van der Waals surface area contributed by atoms with Gasteiger partial charge in [-0.05, 0) is 45.8 Å². The molecule has 0 bridgehead atoms. The zero-order valence-electron chi connectivity index (χ0n) is 14.4. The Balaban J connectivity index is 1.54. The lowest BCUT2D eigenvalue weighted by molar-refractivity contribution is -0.122. The Labute approximate surface area is 164 Å². The zero-order chi connectivity index (χ0) is 18.7. The van der Waals surface area contributed by atoms with Gasteiger partial charge in [0.25, 0.3) is 5.91 Å². The Morgan fingerprint density at radius 1 is 1.27 bits per heavy atom. The highest BCUT2D eigenvalue weighted by molar-refractivity contribution is 9.11. The van der Waals surface area contributed by atoms with Gasteiger partial charge in [0.2, 0.25) is 5.91 Å². The fraction of sp³-hybridized carbons (Fsp3) is 0.353. The summed E-state index contributed by atoms with van der Waals surface area (Å²) in [5, 5.41) is 2.94. The molecule has 3 N–H and O–H groups in total. The van der Waals surface area contributed by atoms with Crippen LogP contribution in [0.15, 0.2) is 40.4 Å². The minimum absolute atomic E-state index is 0.000817. The summed E-state index contributed by atoms with van der Waals surface area (Å²) >= 11 is 4.69. The van der Waals surface area contributed by atoms with Gasteiger partial charge >= 0.3 is 0 Å². The van der Waals surface area contributed by atoms with Crippen molar-refractivity contribution in [3.05, 3.63) is 50.9 Å². The van der Waals surface area contributed by atoms with Gasteiger partial charge in [0.15, 0.2) is 0 Å². The summed E-state index contributed by atoms with van der Waals surface area (Å²) in [6, 6.07) is 7.54. The molecule has 2 amide bonds. The van der Waals surface area contributed by atoms with Gasteiger partial charge in [-0.3, -0.25) is 14.6 Å². The van der Waals surface area contributed by atoms with Gasteiger partial charge in [-0.2, -0.15) is 0 Å². The maximum absolute atomic E-state index is 12.4. The molecule has 3 rings (SSSR count). The number of hydrogen-bond acceptors (Lipinski definition) is 6. The van der Waals surface area contributed by atoms with E-state index in [0.29, 0.717) is 4.88 Å². The number of hydrogen-bond donors (Lipinski definition) is 3. The monoisotopic (exact) mass is 437 g/mol. The number of amides is 2. The second kappa shape index (κ2) is 8.26. The van der Waals surface area contributed by atoms with Crippen LogP contribution in [0.5, 0.6) is 0 Å². The van der Waals surface area contributed by atoms with E-state index in [1.165, 1.54) is 16.2 Å². The molecule has 2 aromatic rings. The Morgan fingerprint density at radius 3 is 2.65 bits per heavy atom. The van der Waals surface area contributed by atoms with Crippen LogP contribution in [-0.2, 0) is 4.79 Å². The molecule has 0 aromatic carbocycles. The topological polar surface area (TPSA) is 86.4 Å². The lowest BCUT2D eigenvalue weighted by Crippen LogP contribution is -2.49. The summed E-state index contributed by atoms with van der Waals surface area (Å²) in [5.41, 5.74) is 7.42. The molecule has 1 saturated heterocycles. The number of pyridine rings is 1. The van der Waals surface area contributed by atoms with Crippen LogP contribution in [0.4, 0.5) is 0 Å². The lowest BCUT2D eigenvalue weighted by Gasteiger charge is -2.22. The van der Waals surface area contributed by atoms with Crippen LogP contribution in [-0.4, -0.2) is 41.5 Å². The molecule has 1 aliphatic rings. The number of hydrazine groups is 1. The number of nitrogens with zero attached hydrogens (tertiary/aromatic N) is 2. The molecule has 9 heteroatoms. The summed E-state index contributed by atoms with van der Waals surface area (Å²) in [7, 11) is 1.62. The number of halogens is 1. The number of rotatable bonds is 5. The fourth-order valence-corrected chi connectivity index (χ4v) is 4.26. The summed E-state index contributed by atoms with van der Waals surface area (Å²) in [4.78, 5) is 30.7. The van der Waals surface area contributed by atoms with Crippen LogP contribution in [0.1, 0.15) is 28.2 Å². The van der Waals surface area contributed by atoms with Crippen molar-refractivity contribution in [2.75, 3.05) is 13.6 Å². The molecule has 26 heavy (non-hydrogen) atoms.